The Morgan fingerprint density at radius 2 is 1.55 bits per heavy atom. The summed E-state index contributed by atoms with van der Waals surface area (Å²) in [6, 6.07) is -2.61. The van der Waals surface area contributed by atoms with Crippen molar-refractivity contribution in [3.05, 3.63) is 29.8 Å². The molecule has 0 radical (unpaired) electrons. The molecule has 1 aromatic rings. The number of piperidine rings is 1. The molecular formula is C56H83N7O15. The van der Waals surface area contributed by atoms with Crippen molar-refractivity contribution in [2.45, 2.75) is 194 Å². The molecule has 4 saturated heterocycles. The van der Waals surface area contributed by atoms with Crippen molar-refractivity contribution in [1.82, 2.24) is 35.6 Å². The molecule has 78 heavy (non-hydrogen) atoms. The van der Waals surface area contributed by atoms with Gasteiger partial charge in [0.05, 0.1) is 31.6 Å². The van der Waals surface area contributed by atoms with Crippen molar-refractivity contribution in [2.24, 2.45) is 29.6 Å². The van der Waals surface area contributed by atoms with E-state index >= 15 is 0 Å². The zero-order valence-corrected chi connectivity index (χ0v) is 47.6. The highest BCUT2D eigenvalue weighted by Crippen LogP contribution is 2.37. The molecule has 0 aliphatic carbocycles. The fraction of sp³-hybridized carbons (Fsp3) is 0.696. The Labute approximate surface area is 457 Å². The maximum Gasteiger partial charge on any atom is 0.329 e. The number of likely N-dealkylation sites (N-methyl/N-ethyl adjacent to an activating group) is 2. The highest BCUT2D eigenvalue weighted by Gasteiger charge is 2.52. The quantitative estimate of drug-likeness (QED) is 0.125. The average Bonchev–Trinajstić information content (AvgIpc) is 4.12. The summed E-state index contributed by atoms with van der Waals surface area (Å²) < 4.78 is 17.2. The molecule has 22 nitrogen and oxygen atoms in total. The lowest BCUT2D eigenvalue weighted by atomic mass is 9.87. The molecule has 4 N–H and O–H groups in total. The van der Waals surface area contributed by atoms with Crippen LogP contribution in [0.3, 0.4) is 0 Å². The zero-order chi connectivity index (χ0) is 58.2. The normalized spacial score (nSPS) is 29.8. The first-order valence-electron chi connectivity index (χ1n) is 27.5. The molecule has 4 fully saturated rings. The Kier molecular flexibility index (Phi) is 21.5. The third kappa shape index (κ3) is 14.4. The number of nitrogens with one attached hydrogen (secondary N) is 3. The van der Waals surface area contributed by atoms with Gasteiger partial charge in [0.15, 0.2) is 11.9 Å². The molecule has 5 rings (SSSR count). The molecular weight excluding hydrogens is 1010 g/mol. The van der Waals surface area contributed by atoms with Crippen LogP contribution in [0.5, 0.6) is 5.75 Å². The van der Waals surface area contributed by atoms with Crippen molar-refractivity contribution >= 4 is 64.9 Å². The number of rotatable bonds is 13. The van der Waals surface area contributed by atoms with Gasteiger partial charge in [-0.25, -0.2) is 4.79 Å². The van der Waals surface area contributed by atoms with Crippen LogP contribution < -0.4 is 20.7 Å². The van der Waals surface area contributed by atoms with Crippen LogP contribution in [-0.4, -0.2) is 184 Å². The molecule has 432 valence electrons. The van der Waals surface area contributed by atoms with Crippen molar-refractivity contribution in [3.8, 4) is 5.75 Å². The molecule has 0 spiro atoms. The first-order valence-corrected chi connectivity index (χ1v) is 27.5. The second-order valence-corrected chi connectivity index (χ2v) is 22.6. The Hall–Kier alpha value is -6.45. The number of esters is 2. The topological polar surface area (TPSA) is 285 Å². The number of fused-ring (bicyclic) bond motifs is 1. The highest BCUT2D eigenvalue weighted by molar-refractivity contribution is 6.35. The van der Waals surface area contributed by atoms with Gasteiger partial charge in [-0.2, -0.15) is 0 Å². The molecule has 7 amide bonds. The Morgan fingerprint density at radius 1 is 0.897 bits per heavy atom. The number of likely N-dealkylation sites (tertiary alicyclic amines) is 1. The van der Waals surface area contributed by atoms with Crippen LogP contribution in [0, 0.1) is 29.6 Å². The summed E-state index contributed by atoms with van der Waals surface area (Å²) in [4.78, 5) is 160. The van der Waals surface area contributed by atoms with Gasteiger partial charge in [0.1, 0.15) is 48.1 Å². The van der Waals surface area contributed by atoms with Gasteiger partial charge in [-0.15, -0.1) is 0 Å². The standard InChI is InChI=1S/C56H83N7O15/c1-14-30(6)45-43(65)27-44(66)78-48(29(4)5)47(67)32(8)49(68)57-37-25-31(7)38-21-22-40(63(38)53(37)72)55(74)61(12)42(26-35-17-19-36(76-13)20-18-35)56(75)77-34(10)46(51(70)58-45)59-50(69)41(24-28(2)3)60(11)54(73)39-16-15-23-62(39)52(71)33(9)64/h17-20,28-32,34,37-43,45-46,48,65H,14-16,21-27H2,1-13H3,(H,57,68)(H,58,70)(H,59,69)/t30-,31?,32-,34+,37-,38?,39-,40-,41-,42-,43-,45+,46-,48-/m0/s1. The Morgan fingerprint density at radius 3 is 2.14 bits per heavy atom. The van der Waals surface area contributed by atoms with E-state index in [1.807, 2.05) is 20.8 Å². The molecule has 1 aromatic carbocycles. The number of carbonyl (C=O) groups excluding carboxylic acids is 11. The molecule has 4 aliphatic rings. The lowest BCUT2D eigenvalue weighted by molar-refractivity contribution is -0.163. The van der Waals surface area contributed by atoms with Crippen LogP contribution in [0.2, 0.25) is 0 Å². The minimum absolute atomic E-state index is 0.0566. The van der Waals surface area contributed by atoms with E-state index in [-0.39, 0.29) is 50.5 Å². The van der Waals surface area contributed by atoms with Crippen LogP contribution in [0.4, 0.5) is 0 Å². The second-order valence-electron chi connectivity index (χ2n) is 22.6. The van der Waals surface area contributed by atoms with E-state index in [0.29, 0.717) is 30.6 Å². The van der Waals surface area contributed by atoms with Crippen molar-refractivity contribution in [2.75, 3.05) is 27.7 Å². The summed E-state index contributed by atoms with van der Waals surface area (Å²) in [5.74, 6) is -11.3. The molecule has 14 atom stereocenters. The summed E-state index contributed by atoms with van der Waals surface area (Å²) in [6.45, 7) is 16.2. The summed E-state index contributed by atoms with van der Waals surface area (Å²) >= 11 is 0. The minimum atomic E-state index is -1.77. The van der Waals surface area contributed by atoms with Crippen LogP contribution in [0.15, 0.2) is 24.3 Å². The van der Waals surface area contributed by atoms with Crippen molar-refractivity contribution in [3.63, 3.8) is 0 Å². The Balaban J connectivity index is 1.61. The molecule has 2 bridgehead atoms. The Bertz CT molecular complexity index is 2410. The van der Waals surface area contributed by atoms with Gasteiger partial charge < -0.3 is 54.9 Å². The largest absolute Gasteiger partial charge is 0.497 e. The summed E-state index contributed by atoms with van der Waals surface area (Å²) in [5.41, 5.74) is 0.571. The van der Waals surface area contributed by atoms with Gasteiger partial charge >= 0.3 is 11.9 Å². The summed E-state index contributed by atoms with van der Waals surface area (Å²) in [5, 5.41) is 20.0. The number of benzene rings is 1. The maximum absolute atomic E-state index is 15.0. The molecule has 4 aliphatic heterocycles. The summed E-state index contributed by atoms with van der Waals surface area (Å²) in [6.07, 6.45) is -3.59. The van der Waals surface area contributed by atoms with Crippen LogP contribution in [0.1, 0.15) is 126 Å². The van der Waals surface area contributed by atoms with Crippen molar-refractivity contribution < 1.29 is 72.1 Å². The number of hydrogen-bond donors (Lipinski definition) is 4. The zero-order valence-electron chi connectivity index (χ0n) is 47.6. The number of methoxy groups -OCH3 is 1. The SMILES string of the molecule is CC[C@H](C)[C@H]1NC(=O)[C@@H](NC(=O)[C@H](CC(C)C)N(C)C(=O)[C@@H]2CCCN2C(=O)C(C)=O)[C@@H](C)OC(=O)[C@H](Cc2ccc(OC)cc2)N(C)C(=O)[C@@H]2CCC3C(C)C[C@H](NC(=O)[C@@H](C)C(=O)[C@H](C(C)C)OC(=O)C[C@@H]1O)C(=O)N32. The van der Waals surface area contributed by atoms with Gasteiger partial charge in [-0.05, 0) is 93.7 Å². The van der Waals surface area contributed by atoms with E-state index in [9.17, 15) is 57.8 Å². The molecule has 2 unspecified atom stereocenters. The number of aliphatic hydroxyl groups is 1. The number of nitrogens with zero attached hydrogens (tertiary/aromatic N) is 4. The van der Waals surface area contributed by atoms with Gasteiger partial charge in [-0.1, -0.05) is 67.0 Å². The van der Waals surface area contributed by atoms with E-state index in [2.05, 4.69) is 16.0 Å². The molecule has 22 heteroatoms. The number of cyclic esters (lactones) is 2. The lowest BCUT2D eigenvalue weighted by Gasteiger charge is -2.42. The predicted octanol–water partition coefficient (Wildman–Crippen LogP) is 1.89. The van der Waals surface area contributed by atoms with Gasteiger partial charge in [0.2, 0.25) is 41.2 Å². The number of Topliss-reactive ketones (excluding diaryl/α,β-unsaturated/α-hetero) is 2. The third-order valence-corrected chi connectivity index (χ3v) is 16.1. The monoisotopic (exact) mass is 1090 g/mol. The van der Waals surface area contributed by atoms with Gasteiger partial charge in [0.25, 0.3) is 5.91 Å². The first kappa shape index (κ1) is 62.4. The number of ether oxygens (including phenoxy) is 3. The number of ketones is 2. The molecule has 4 heterocycles. The number of carbonyl (C=O) groups is 11. The minimum Gasteiger partial charge on any atom is -0.497 e. The van der Waals surface area contributed by atoms with E-state index in [1.54, 1.807) is 52.0 Å². The van der Waals surface area contributed by atoms with Crippen LogP contribution in [0.25, 0.3) is 0 Å². The maximum atomic E-state index is 15.0. The highest BCUT2D eigenvalue weighted by atomic mass is 16.6. The van der Waals surface area contributed by atoms with Gasteiger partial charge in [-0.3, -0.25) is 47.9 Å². The third-order valence-electron chi connectivity index (χ3n) is 16.1. The second kappa shape index (κ2) is 26.9. The number of aliphatic hydroxyl groups excluding tert-OH is 1. The average molecular weight is 1090 g/mol. The molecule has 0 saturated carbocycles. The fourth-order valence-electron chi connectivity index (χ4n) is 11.2. The number of amides is 7. The lowest BCUT2D eigenvalue weighted by Crippen LogP contribution is -2.63. The summed E-state index contributed by atoms with van der Waals surface area (Å²) in [7, 11) is 4.28. The van der Waals surface area contributed by atoms with Gasteiger partial charge in [0, 0.05) is 40.0 Å². The van der Waals surface area contributed by atoms with Crippen LogP contribution >= 0.6 is 0 Å². The first-order chi connectivity index (χ1) is 36.6. The van der Waals surface area contributed by atoms with E-state index in [4.69, 9.17) is 14.2 Å². The smallest absolute Gasteiger partial charge is 0.329 e. The van der Waals surface area contributed by atoms with Crippen molar-refractivity contribution in [1.29, 1.82) is 0 Å². The van der Waals surface area contributed by atoms with E-state index in [1.165, 1.54) is 54.7 Å². The van der Waals surface area contributed by atoms with E-state index < -0.39 is 156 Å². The van der Waals surface area contributed by atoms with E-state index in [0.717, 1.165) is 6.92 Å². The number of hydrogen-bond acceptors (Lipinski definition) is 15. The van der Waals surface area contributed by atoms with Crippen LogP contribution in [-0.2, 0) is 68.6 Å². The molecule has 0 aromatic heterocycles. The fourth-order valence-corrected chi connectivity index (χ4v) is 11.2. The predicted molar refractivity (Wildman–Crippen MR) is 282 cm³/mol.